The first-order valence-corrected chi connectivity index (χ1v) is 4.79. The van der Waals surface area contributed by atoms with E-state index in [1.165, 1.54) is 10.8 Å². The van der Waals surface area contributed by atoms with Gasteiger partial charge in [0, 0.05) is 0 Å². The zero-order valence-electron chi connectivity index (χ0n) is 4.13. The summed E-state index contributed by atoms with van der Waals surface area (Å²) < 4.78 is 0. The molecule has 1 radical (unpaired) electrons. The van der Waals surface area contributed by atoms with Gasteiger partial charge in [0.1, 0.15) is 0 Å². The van der Waals surface area contributed by atoms with Crippen LogP contribution < -0.4 is 0 Å². The van der Waals surface area contributed by atoms with Crippen molar-refractivity contribution in [3.05, 3.63) is 0 Å². The third-order valence-electron chi connectivity index (χ3n) is 0. The van der Waals surface area contributed by atoms with Crippen LogP contribution in [0.2, 0.25) is 0 Å². The Bertz CT molecular complexity index is 88.4. The Labute approximate surface area is 95.7 Å². The van der Waals surface area contributed by atoms with E-state index in [9.17, 15) is 0 Å². The van der Waals surface area contributed by atoms with Gasteiger partial charge in [-0.3, -0.25) is 0 Å². The van der Waals surface area contributed by atoms with Gasteiger partial charge in [-0.05, 0) is 0 Å². The number of hydrogen-bond donors (Lipinski definition) is 0. The zero-order valence-corrected chi connectivity index (χ0v) is 9.36. The molecule has 62 valence electrons. The van der Waals surface area contributed by atoms with E-state index in [-0.39, 0.29) is 16.8 Å². The van der Waals surface area contributed by atoms with Gasteiger partial charge in [0.25, 0.3) is 0 Å². The number of nitrogens with zero attached hydrogens (tertiary/aromatic N) is 2. The van der Waals surface area contributed by atoms with E-state index in [1.54, 1.807) is 0 Å². The first-order valence-electron chi connectivity index (χ1n) is 1.11. The van der Waals surface area contributed by atoms with Crippen molar-refractivity contribution in [2.75, 3.05) is 0 Å². The Morgan fingerprint density at radius 2 is 1.10 bits per heavy atom. The van der Waals surface area contributed by atoms with Crippen molar-refractivity contribution in [2.24, 2.45) is 0 Å². The van der Waals surface area contributed by atoms with E-state index in [2.05, 4.69) is 25.3 Å². The van der Waals surface area contributed by atoms with Crippen LogP contribution in [0.25, 0.3) is 0 Å². The van der Waals surface area contributed by atoms with Gasteiger partial charge in [-0.15, -0.1) is 0 Å². The van der Waals surface area contributed by atoms with Crippen LogP contribution in [0.1, 0.15) is 0 Å². The molecule has 0 saturated heterocycles. The Kier molecular flexibility index (Phi) is 113. The minimum absolute atomic E-state index is 0. The number of nitriles is 2. The summed E-state index contributed by atoms with van der Waals surface area (Å²) in [6, 6.07) is 0. The molecule has 0 amide bonds. The van der Waals surface area contributed by atoms with Crippen LogP contribution in [0.15, 0.2) is 0 Å². The first kappa shape index (κ1) is 22.5. The van der Waals surface area contributed by atoms with E-state index < -0.39 is 0 Å². The molecule has 0 saturated carbocycles. The van der Waals surface area contributed by atoms with E-state index in [4.69, 9.17) is 30.8 Å². The maximum atomic E-state index is 7.13. The van der Waals surface area contributed by atoms with Gasteiger partial charge >= 0.3 is 50.0 Å². The summed E-state index contributed by atoms with van der Waals surface area (Å²) in [5.41, 5.74) is 0. The zero-order chi connectivity index (χ0) is 8.12. The fraction of sp³-hybridized carbons (Fsp3) is 0. The largest absolute Gasteiger partial charge is 2.00 e. The van der Waals surface area contributed by atoms with Crippen molar-refractivity contribution in [2.45, 2.75) is 0 Å². The van der Waals surface area contributed by atoms with Crippen LogP contribution in [-0.2, 0) is 54.9 Å². The van der Waals surface area contributed by atoms with Crippen LogP contribution in [0, 0.1) is 21.3 Å². The number of hydrogen-bond acceptors (Lipinski definition) is 4. The number of thiocyanates is 2. The second-order valence-corrected chi connectivity index (χ2v) is 2.31. The van der Waals surface area contributed by atoms with Crippen molar-refractivity contribution < 1.29 is 29.7 Å². The summed E-state index contributed by atoms with van der Waals surface area (Å²) in [7, 11) is 9.47. The molecule has 0 bridgehead atoms. The van der Waals surface area contributed by atoms with Crippen molar-refractivity contribution in [1.29, 1.82) is 10.5 Å². The standard InChI is InChI=1S/2CHNS.2ClH.2Co/c2*2-1-3;;;;/h2*3H;2*1H;;/q;;;;2*+2/p-4. The quantitative estimate of drug-likeness (QED) is 0.501. The molecule has 0 aromatic heterocycles. The molecular weight excluding hydrogens is 305 g/mol. The SMILES string of the molecule is N#C[S-].N#C[S-].[Cl][Co][Cl].[Co+2]. The molecule has 0 N–H and O–H groups in total. The second-order valence-electron chi connectivity index (χ2n) is 0.230. The third-order valence-corrected chi connectivity index (χ3v) is 0. The average Bonchev–Trinajstić information content (AvgIpc) is 1.70. The van der Waals surface area contributed by atoms with Crippen LogP contribution in [-0.4, -0.2) is 0 Å². The minimum atomic E-state index is 0. The Balaban J connectivity index is -0.0000000257. The molecule has 0 aliphatic carbocycles. The Morgan fingerprint density at radius 3 is 1.10 bits per heavy atom. The van der Waals surface area contributed by atoms with E-state index in [0.717, 1.165) is 0 Å². The maximum absolute atomic E-state index is 7.13. The summed E-state index contributed by atoms with van der Waals surface area (Å²) in [5, 5.41) is 16.9. The van der Waals surface area contributed by atoms with Crippen LogP contribution in [0.5, 0.6) is 0 Å². The van der Waals surface area contributed by atoms with Crippen molar-refractivity contribution in [1.82, 2.24) is 0 Å². The Morgan fingerprint density at radius 1 is 1.10 bits per heavy atom. The molecule has 0 heterocycles. The maximum Gasteiger partial charge on any atom is 2.00 e. The Hall–Kier alpha value is 1.01. The molecule has 0 atom stereocenters. The third kappa shape index (κ3) is 564. The van der Waals surface area contributed by atoms with Gasteiger partial charge in [0.2, 0.25) is 0 Å². The van der Waals surface area contributed by atoms with E-state index >= 15 is 0 Å². The van der Waals surface area contributed by atoms with Crippen LogP contribution >= 0.6 is 20.3 Å². The minimum Gasteiger partial charge on any atom is 2.00 e. The fourth-order valence-electron chi connectivity index (χ4n) is 0. The van der Waals surface area contributed by atoms with Gasteiger partial charge in [-0.2, -0.15) is 0 Å². The summed E-state index contributed by atoms with van der Waals surface area (Å²) in [5.74, 6) is 0. The van der Waals surface area contributed by atoms with Crippen molar-refractivity contribution >= 4 is 45.6 Å². The normalized spacial score (nSPS) is 3.60. The molecule has 8 heteroatoms. The van der Waals surface area contributed by atoms with E-state index in [1.807, 2.05) is 0 Å². The predicted molar refractivity (Wildman–Crippen MR) is 37.7 cm³/mol. The molecule has 0 rings (SSSR count). The summed E-state index contributed by atoms with van der Waals surface area (Å²) >= 11 is 7.78. The number of rotatable bonds is 0. The van der Waals surface area contributed by atoms with Crippen LogP contribution in [0.3, 0.4) is 0 Å². The summed E-state index contributed by atoms with van der Waals surface area (Å²) in [6.45, 7) is 0. The molecule has 0 fully saturated rings. The van der Waals surface area contributed by atoms with Gasteiger partial charge in [0.15, 0.2) is 0 Å². The first-order chi connectivity index (χ1) is 4.24. The summed E-state index contributed by atoms with van der Waals surface area (Å²) in [6.07, 6.45) is 0. The smallest absolute Gasteiger partial charge is 2.00 e. The molecular formula is C2Cl2Co2N2S2. The summed E-state index contributed by atoms with van der Waals surface area (Å²) in [4.78, 5) is 0. The van der Waals surface area contributed by atoms with Gasteiger partial charge < -0.3 is 25.3 Å². The fourth-order valence-corrected chi connectivity index (χ4v) is 0. The average molecular weight is 305 g/mol. The molecule has 2 nitrogen and oxygen atoms in total. The van der Waals surface area contributed by atoms with Gasteiger partial charge in [0.05, 0.1) is 0 Å². The molecule has 0 aromatic rings. The molecule has 0 unspecified atom stereocenters. The molecule has 0 aliphatic heterocycles. The molecule has 10 heavy (non-hydrogen) atoms. The molecule has 0 aliphatic rings. The predicted octanol–water partition coefficient (Wildman–Crippen LogP) is 1.40. The second kappa shape index (κ2) is 50.5. The molecule has 0 aromatic carbocycles. The number of halogens is 2. The topological polar surface area (TPSA) is 47.6 Å². The van der Waals surface area contributed by atoms with Gasteiger partial charge in [-0.1, -0.05) is 10.8 Å². The monoisotopic (exact) mass is 304 g/mol. The van der Waals surface area contributed by atoms with Crippen molar-refractivity contribution in [3.63, 3.8) is 0 Å². The molecule has 0 spiro atoms. The van der Waals surface area contributed by atoms with Crippen molar-refractivity contribution in [3.8, 4) is 10.8 Å². The van der Waals surface area contributed by atoms with Crippen LogP contribution in [0.4, 0.5) is 0 Å². The van der Waals surface area contributed by atoms with E-state index in [0.29, 0.717) is 12.9 Å². The van der Waals surface area contributed by atoms with Gasteiger partial charge in [-0.25, -0.2) is 10.5 Å².